The van der Waals surface area contributed by atoms with Gasteiger partial charge < -0.3 is 5.32 Å². The average Bonchev–Trinajstić information content (AvgIpc) is 2.65. The third kappa shape index (κ3) is 3.59. The van der Waals surface area contributed by atoms with E-state index in [2.05, 4.69) is 63.6 Å². The molecule has 1 aromatic rings. The van der Waals surface area contributed by atoms with Gasteiger partial charge in [-0.1, -0.05) is 26.7 Å². The lowest BCUT2D eigenvalue weighted by molar-refractivity contribution is 0.329. The van der Waals surface area contributed by atoms with Crippen LogP contribution in [0, 0.1) is 19.8 Å². The molecule has 110 valence electrons. The summed E-state index contributed by atoms with van der Waals surface area (Å²) in [6.07, 6.45) is 2.48. The van der Waals surface area contributed by atoms with Crippen LogP contribution in [0.5, 0.6) is 0 Å². The summed E-state index contributed by atoms with van der Waals surface area (Å²) >= 11 is 0. The summed E-state index contributed by atoms with van der Waals surface area (Å²) in [5.74, 6) is 0.754. The number of hydrogen-bond acceptors (Lipinski definition) is 2. The largest absolute Gasteiger partial charge is 0.307 e. The second-order valence-electron chi connectivity index (χ2n) is 5.65. The number of nitrogens with one attached hydrogen (secondary N) is 1. The van der Waals surface area contributed by atoms with E-state index in [0.717, 1.165) is 18.2 Å². The van der Waals surface area contributed by atoms with Crippen molar-refractivity contribution in [2.45, 2.75) is 79.9 Å². The first-order chi connectivity index (χ1) is 8.96. The molecule has 3 heteroatoms. The van der Waals surface area contributed by atoms with E-state index in [0.29, 0.717) is 12.1 Å². The van der Waals surface area contributed by atoms with Gasteiger partial charge in [-0.2, -0.15) is 5.10 Å². The van der Waals surface area contributed by atoms with Crippen molar-refractivity contribution in [3.8, 4) is 0 Å². The summed E-state index contributed by atoms with van der Waals surface area (Å²) in [4.78, 5) is 0. The zero-order valence-corrected chi connectivity index (χ0v) is 13.7. The first-order valence-corrected chi connectivity index (χ1v) is 7.76. The third-order valence-corrected chi connectivity index (χ3v) is 4.44. The molecule has 2 unspecified atom stereocenters. The van der Waals surface area contributed by atoms with Crippen molar-refractivity contribution in [2.24, 2.45) is 5.92 Å². The first kappa shape index (κ1) is 16.2. The van der Waals surface area contributed by atoms with Crippen LogP contribution in [0.1, 0.15) is 70.5 Å². The Hall–Kier alpha value is -0.830. The second-order valence-corrected chi connectivity index (χ2v) is 5.65. The third-order valence-electron chi connectivity index (χ3n) is 4.44. The van der Waals surface area contributed by atoms with Gasteiger partial charge in [-0.3, -0.25) is 4.68 Å². The number of rotatable bonds is 7. The molecule has 0 saturated heterocycles. The van der Waals surface area contributed by atoms with Crippen LogP contribution < -0.4 is 5.32 Å². The van der Waals surface area contributed by atoms with Crippen molar-refractivity contribution in [3.05, 3.63) is 17.0 Å². The van der Waals surface area contributed by atoms with Gasteiger partial charge in [-0.05, 0) is 40.5 Å². The molecule has 0 aliphatic heterocycles. The lowest BCUT2D eigenvalue weighted by Gasteiger charge is -2.26. The molecule has 0 aliphatic carbocycles. The molecule has 0 saturated carbocycles. The molecule has 0 radical (unpaired) electrons. The summed E-state index contributed by atoms with van der Waals surface area (Å²) in [7, 11) is 0. The van der Waals surface area contributed by atoms with Gasteiger partial charge in [0.1, 0.15) is 0 Å². The van der Waals surface area contributed by atoms with Crippen LogP contribution in [0.4, 0.5) is 0 Å². The van der Waals surface area contributed by atoms with Crippen LogP contribution in [0.15, 0.2) is 0 Å². The quantitative estimate of drug-likeness (QED) is 0.807. The molecule has 19 heavy (non-hydrogen) atoms. The van der Waals surface area contributed by atoms with E-state index >= 15 is 0 Å². The van der Waals surface area contributed by atoms with Crippen LogP contribution in [0.25, 0.3) is 0 Å². The standard InChI is InChI=1S/C16H31N3/c1-8-15(9-2)11(4)17-12(5)16-13(6)18-19(10-3)14(16)7/h11-12,15,17H,8-10H2,1-7H3. The SMILES string of the molecule is CCC(CC)C(C)NC(C)c1c(C)nn(CC)c1C. The molecule has 0 fully saturated rings. The van der Waals surface area contributed by atoms with Crippen LogP contribution in [0.2, 0.25) is 0 Å². The highest BCUT2D eigenvalue weighted by atomic mass is 15.3. The number of hydrogen-bond donors (Lipinski definition) is 1. The fraction of sp³-hybridized carbons (Fsp3) is 0.812. The van der Waals surface area contributed by atoms with E-state index < -0.39 is 0 Å². The molecular weight excluding hydrogens is 234 g/mol. The van der Waals surface area contributed by atoms with E-state index in [4.69, 9.17) is 0 Å². The fourth-order valence-corrected chi connectivity index (χ4v) is 3.25. The Kier molecular flexibility index (Phi) is 6.05. The highest BCUT2D eigenvalue weighted by molar-refractivity contribution is 5.27. The van der Waals surface area contributed by atoms with E-state index in [9.17, 15) is 0 Å². The van der Waals surface area contributed by atoms with Crippen molar-refractivity contribution in [1.82, 2.24) is 15.1 Å². The minimum Gasteiger partial charge on any atom is -0.307 e. The lowest BCUT2D eigenvalue weighted by atomic mass is 9.94. The summed E-state index contributed by atoms with van der Waals surface area (Å²) in [5, 5.41) is 8.38. The summed E-state index contributed by atoms with van der Waals surface area (Å²) in [6, 6.07) is 0.921. The van der Waals surface area contributed by atoms with Gasteiger partial charge in [0.05, 0.1) is 5.69 Å². The Bertz CT molecular complexity index is 391. The fourth-order valence-electron chi connectivity index (χ4n) is 3.25. The number of aryl methyl sites for hydroxylation is 2. The zero-order valence-electron chi connectivity index (χ0n) is 13.7. The number of nitrogens with zero attached hydrogens (tertiary/aromatic N) is 2. The lowest BCUT2D eigenvalue weighted by Crippen LogP contribution is -2.35. The Morgan fingerprint density at radius 1 is 1.11 bits per heavy atom. The Labute approximate surface area is 118 Å². The molecule has 0 amide bonds. The first-order valence-electron chi connectivity index (χ1n) is 7.76. The topological polar surface area (TPSA) is 29.9 Å². The summed E-state index contributed by atoms with van der Waals surface area (Å²) in [6.45, 7) is 16.5. The minimum atomic E-state index is 0.371. The molecule has 0 aliphatic rings. The molecule has 0 aromatic carbocycles. The molecule has 3 nitrogen and oxygen atoms in total. The van der Waals surface area contributed by atoms with Gasteiger partial charge in [-0.15, -0.1) is 0 Å². The maximum absolute atomic E-state index is 4.62. The smallest absolute Gasteiger partial charge is 0.0644 e. The van der Waals surface area contributed by atoms with Gasteiger partial charge in [0.15, 0.2) is 0 Å². The van der Waals surface area contributed by atoms with Gasteiger partial charge in [0.2, 0.25) is 0 Å². The van der Waals surface area contributed by atoms with E-state index in [1.54, 1.807) is 0 Å². The van der Waals surface area contributed by atoms with E-state index in [1.165, 1.54) is 24.1 Å². The molecule has 1 rings (SSSR count). The second kappa shape index (κ2) is 7.09. The summed E-state index contributed by atoms with van der Waals surface area (Å²) < 4.78 is 2.10. The van der Waals surface area contributed by atoms with Crippen molar-refractivity contribution in [3.63, 3.8) is 0 Å². The minimum absolute atomic E-state index is 0.371. The Morgan fingerprint density at radius 3 is 2.11 bits per heavy atom. The molecule has 1 N–H and O–H groups in total. The molecule has 1 aromatic heterocycles. The predicted octanol–water partition coefficient (Wildman–Crippen LogP) is 4.00. The monoisotopic (exact) mass is 265 g/mol. The van der Waals surface area contributed by atoms with Crippen molar-refractivity contribution in [1.29, 1.82) is 0 Å². The van der Waals surface area contributed by atoms with Gasteiger partial charge >= 0.3 is 0 Å². The van der Waals surface area contributed by atoms with E-state index in [1.807, 2.05) is 0 Å². The Morgan fingerprint density at radius 2 is 1.68 bits per heavy atom. The highest BCUT2D eigenvalue weighted by Gasteiger charge is 2.21. The van der Waals surface area contributed by atoms with Crippen LogP contribution in [-0.4, -0.2) is 15.8 Å². The normalized spacial score (nSPS) is 14.9. The maximum atomic E-state index is 4.62. The molecular formula is C16H31N3. The molecule has 2 atom stereocenters. The molecule has 0 bridgehead atoms. The van der Waals surface area contributed by atoms with Crippen molar-refractivity contribution >= 4 is 0 Å². The van der Waals surface area contributed by atoms with Crippen LogP contribution >= 0.6 is 0 Å². The van der Waals surface area contributed by atoms with E-state index in [-0.39, 0.29) is 0 Å². The van der Waals surface area contributed by atoms with Gasteiger partial charge in [-0.25, -0.2) is 0 Å². The van der Waals surface area contributed by atoms with Gasteiger partial charge in [0.25, 0.3) is 0 Å². The Balaban J connectivity index is 2.83. The predicted molar refractivity (Wildman–Crippen MR) is 82.5 cm³/mol. The van der Waals surface area contributed by atoms with Crippen LogP contribution in [0.3, 0.4) is 0 Å². The van der Waals surface area contributed by atoms with Crippen molar-refractivity contribution < 1.29 is 0 Å². The average molecular weight is 265 g/mol. The highest BCUT2D eigenvalue weighted by Crippen LogP contribution is 2.23. The van der Waals surface area contributed by atoms with Gasteiger partial charge in [0, 0.05) is 29.9 Å². The maximum Gasteiger partial charge on any atom is 0.0644 e. The summed E-state index contributed by atoms with van der Waals surface area (Å²) in [5.41, 5.74) is 3.84. The van der Waals surface area contributed by atoms with Crippen LogP contribution in [-0.2, 0) is 6.54 Å². The number of aromatic nitrogens is 2. The zero-order chi connectivity index (χ0) is 14.6. The molecule has 0 spiro atoms. The van der Waals surface area contributed by atoms with Crippen molar-refractivity contribution in [2.75, 3.05) is 0 Å². The molecule has 1 heterocycles.